The van der Waals surface area contributed by atoms with Crippen molar-refractivity contribution in [1.82, 2.24) is 24.8 Å². The van der Waals surface area contributed by atoms with Crippen molar-refractivity contribution in [1.29, 1.82) is 0 Å². The molecule has 0 atom stereocenters. The van der Waals surface area contributed by atoms with Crippen LogP contribution < -0.4 is 5.56 Å². The van der Waals surface area contributed by atoms with Crippen LogP contribution in [0, 0.1) is 6.92 Å². The van der Waals surface area contributed by atoms with Gasteiger partial charge in [0.15, 0.2) is 11.6 Å². The average molecular weight is 425 g/mol. The van der Waals surface area contributed by atoms with Crippen molar-refractivity contribution >= 4 is 5.91 Å². The lowest BCUT2D eigenvalue weighted by Crippen LogP contribution is -2.33. The maximum atomic E-state index is 13.3. The molecule has 4 rings (SSSR count). The van der Waals surface area contributed by atoms with Crippen LogP contribution in [0.4, 0.5) is 0 Å². The SMILES string of the molecule is Cc1nc(-c2ncccn2)[nH]c(=O)c1CC(=O)N(Cc1ccccc1)Cc1ccccc1. The van der Waals surface area contributed by atoms with Gasteiger partial charge in [0.2, 0.25) is 5.91 Å². The largest absolute Gasteiger partial charge is 0.334 e. The standard InChI is InChI=1S/C25H23N5O2/c1-18-21(25(32)29-24(28-18)23-26-13-8-14-27-23)15-22(31)30(16-19-9-4-2-5-10-19)17-20-11-6-3-7-12-20/h2-14H,15-17H2,1H3,(H,28,29,32). The molecule has 1 N–H and O–H groups in total. The summed E-state index contributed by atoms with van der Waals surface area (Å²) >= 11 is 0. The van der Waals surface area contributed by atoms with Crippen molar-refractivity contribution in [3.63, 3.8) is 0 Å². The minimum absolute atomic E-state index is 0.0379. The predicted octanol–water partition coefficient (Wildman–Crippen LogP) is 3.31. The fourth-order valence-corrected chi connectivity index (χ4v) is 3.45. The number of aromatic nitrogens is 4. The maximum absolute atomic E-state index is 13.3. The van der Waals surface area contributed by atoms with Crippen molar-refractivity contribution in [2.75, 3.05) is 0 Å². The fraction of sp³-hybridized carbons (Fsp3) is 0.160. The fourth-order valence-electron chi connectivity index (χ4n) is 3.45. The molecule has 4 aromatic rings. The minimum atomic E-state index is -0.354. The number of hydrogen-bond donors (Lipinski definition) is 1. The van der Waals surface area contributed by atoms with Crippen LogP contribution in [0.3, 0.4) is 0 Å². The first-order valence-electron chi connectivity index (χ1n) is 10.3. The van der Waals surface area contributed by atoms with Crippen LogP contribution in [-0.2, 0) is 24.3 Å². The molecule has 2 aromatic heterocycles. The Morgan fingerprint density at radius 3 is 1.97 bits per heavy atom. The minimum Gasteiger partial charge on any atom is -0.334 e. The second kappa shape index (κ2) is 9.78. The van der Waals surface area contributed by atoms with Gasteiger partial charge in [-0.1, -0.05) is 60.7 Å². The molecule has 0 aliphatic rings. The van der Waals surface area contributed by atoms with E-state index in [9.17, 15) is 9.59 Å². The number of aromatic amines is 1. The van der Waals surface area contributed by atoms with Gasteiger partial charge < -0.3 is 9.88 Å². The highest BCUT2D eigenvalue weighted by Gasteiger charge is 2.20. The molecule has 0 aliphatic carbocycles. The molecule has 0 fully saturated rings. The molecule has 0 radical (unpaired) electrons. The van der Waals surface area contributed by atoms with Crippen molar-refractivity contribution < 1.29 is 4.79 Å². The Hall–Kier alpha value is -4.13. The monoisotopic (exact) mass is 425 g/mol. The van der Waals surface area contributed by atoms with E-state index in [4.69, 9.17) is 0 Å². The van der Waals surface area contributed by atoms with E-state index in [1.165, 1.54) is 0 Å². The van der Waals surface area contributed by atoms with Gasteiger partial charge in [-0.25, -0.2) is 15.0 Å². The summed E-state index contributed by atoms with van der Waals surface area (Å²) in [5.41, 5.74) is 2.53. The Labute approximate surface area is 185 Å². The molecule has 2 aromatic carbocycles. The summed E-state index contributed by atoms with van der Waals surface area (Å²) < 4.78 is 0. The third kappa shape index (κ3) is 5.13. The number of hydrogen-bond acceptors (Lipinski definition) is 5. The molecule has 0 bridgehead atoms. The molecule has 7 nitrogen and oxygen atoms in total. The molecule has 0 aliphatic heterocycles. The van der Waals surface area contributed by atoms with Crippen molar-refractivity contribution in [3.8, 4) is 11.6 Å². The zero-order valence-corrected chi connectivity index (χ0v) is 17.7. The number of amides is 1. The van der Waals surface area contributed by atoms with Gasteiger partial charge in [-0.05, 0) is 24.1 Å². The summed E-state index contributed by atoms with van der Waals surface area (Å²) in [6.07, 6.45) is 3.13. The zero-order chi connectivity index (χ0) is 22.3. The van der Waals surface area contributed by atoms with Crippen LogP contribution in [0.5, 0.6) is 0 Å². The first kappa shape index (κ1) is 21.1. The van der Waals surface area contributed by atoms with Gasteiger partial charge in [0.25, 0.3) is 5.56 Å². The lowest BCUT2D eigenvalue weighted by Gasteiger charge is -2.23. The molecular formula is C25H23N5O2. The number of nitrogens with zero attached hydrogens (tertiary/aromatic N) is 4. The molecule has 7 heteroatoms. The number of H-pyrrole nitrogens is 1. The van der Waals surface area contributed by atoms with Crippen molar-refractivity contribution in [2.24, 2.45) is 0 Å². The Morgan fingerprint density at radius 1 is 0.875 bits per heavy atom. The number of carbonyl (C=O) groups excluding carboxylic acids is 1. The number of carbonyl (C=O) groups is 1. The van der Waals surface area contributed by atoms with Crippen LogP contribution in [0.25, 0.3) is 11.6 Å². The lowest BCUT2D eigenvalue weighted by atomic mass is 10.1. The summed E-state index contributed by atoms with van der Waals surface area (Å²) in [5.74, 6) is 0.479. The van der Waals surface area contributed by atoms with Gasteiger partial charge in [-0.3, -0.25) is 9.59 Å². The number of benzene rings is 2. The highest BCUT2D eigenvalue weighted by molar-refractivity contribution is 5.79. The summed E-state index contributed by atoms with van der Waals surface area (Å²) in [4.78, 5) is 43.2. The smallest absolute Gasteiger partial charge is 0.255 e. The average Bonchev–Trinajstić information content (AvgIpc) is 2.82. The maximum Gasteiger partial charge on any atom is 0.255 e. The number of nitrogens with one attached hydrogen (secondary N) is 1. The van der Waals surface area contributed by atoms with Crippen LogP contribution in [0.1, 0.15) is 22.4 Å². The summed E-state index contributed by atoms with van der Waals surface area (Å²) in [6.45, 7) is 2.63. The van der Waals surface area contributed by atoms with E-state index in [0.717, 1.165) is 11.1 Å². The van der Waals surface area contributed by atoms with Crippen LogP contribution in [0.15, 0.2) is 83.9 Å². The summed E-state index contributed by atoms with van der Waals surface area (Å²) in [5, 5.41) is 0. The van der Waals surface area contributed by atoms with Gasteiger partial charge in [-0.15, -0.1) is 0 Å². The van der Waals surface area contributed by atoms with E-state index in [-0.39, 0.29) is 23.7 Å². The van der Waals surface area contributed by atoms with Crippen molar-refractivity contribution in [2.45, 2.75) is 26.4 Å². The first-order valence-corrected chi connectivity index (χ1v) is 10.3. The Balaban J connectivity index is 1.59. The third-order valence-corrected chi connectivity index (χ3v) is 5.11. The Bertz CT molecular complexity index is 1200. The number of rotatable bonds is 7. The summed E-state index contributed by atoms with van der Waals surface area (Å²) in [7, 11) is 0. The van der Waals surface area contributed by atoms with E-state index in [0.29, 0.717) is 30.2 Å². The quantitative estimate of drug-likeness (QED) is 0.490. The van der Waals surface area contributed by atoms with Crippen LogP contribution >= 0.6 is 0 Å². The van der Waals surface area contributed by atoms with Crippen molar-refractivity contribution in [3.05, 3.63) is 112 Å². The molecule has 0 spiro atoms. The molecule has 160 valence electrons. The van der Waals surface area contributed by atoms with Crippen LogP contribution in [0.2, 0.25) is 0 Å². The second-order valence-corrected chi connectivity index (χ2v) is 7.45. The van der Waals surface area contributed by atoms with Gasteiger partial charge >= 0.3 is 0 Å². The topological polar surface area (TPSA) is 91.8 Å². The predicted molar refractivity (Wildman–Crippen MR) is 121 cm³/mol. The molecular weight excluding hydrogens is 402 g/mol. The van der Waals surface area contributed by atoms with E-state index in [2.05, 4.69) is 19.9 Å². The Morgan fingerprint density at radius 2 is 1.44 bits per heavy atom. The molecule has 0 unspecified atom stereocenters. The van der Waals surface area contributed by atoms with E-state index in [1.54, 1.807) is 30.3 Å². The van der Waals surface area contributed by atoms with Gasteiger partial charge in [0, 0.05) is 36.7 Å². The molecule has 0 saturated carbocycles. The normalized spacial score (nSPS) is 10.7. The van der Waals surface area contributed by atoms with Gasteiger partial charge in [0.1, 0.15) is 0 Å². The highest BCUT2D eigenvalue weighted by atomic mass is 16.2. The molecule has 2 heterocycles. The first-order chi connectivity index (χ1) is 15.6. The molecule has 32 heavy (non-hydrogen) atoms. The van der Waals surface area contributed by atoms with E-state index >= 15 is 0 Å². The lowest BCUT2D eigenvalue weighted by molar-refractivity contribution is -0.131. The molecule has 0 saturated heterocycles. The highest BCUT2D eigenvalue weighted by Crippen LogP contribution is 2.14. The van der Waals surface area contributed by atoms with E-state index < -0.39 is 0 Å². The third-order valence-electron chi connectivity index (χ3n) is 5.11. The Kier molecular flexibility index (Phi) is 6.46. The molecule has 1 amide bonds. The number of aryl methyl sites for hydroxylation is 1. The van der Waals surface area contributed by atoms with Gasteiger partial charge in [0.05, 0.1) is 6.42 Å². The van der Waals surface area contributed by atoms with E-state index in [1.807, 2.05) is 60.7 Å². The second-order valence-electron chi connectivity index (χ2n) is 7.45. The zero-order valence-electron chi connectivity index (χ0n) is 17.7. The van der Waals surface area contributed by atoms with Crippen LogP contribution in [-0.4, -0.2) is 30.7 Å². The van der Waals surface area contributed by atoms with Gasteiger partial charge in [-0.2, -0.15) is 0 Å². The summed E-state index contributed by atoms with van der Waals surface area (Å²) in [6, 6.07) is 21.3.